The molecule has 7 nitrogen and oxygen atoms in total. The van der Waals surface area contributed by atoms with Gasteiger partial charge >= 0.3 is 6.09 Å². The normalized spacial score (nSPS) is 12.9. The van der Waals surface area contributed by atoms with E-state index >= 15 is 0 Å². The molecule has 0 fully saturated rings. The molecule has 1 rings (SSSR count). The fourth-order valence-electron chi connectivity index (χ4n) is 1.37. The van der Waals surface area contributed by atoms with Crippen molar-refractivity contribution in [2.75, 3.05) is 7.05 Å². The van der Waals surface area contributed by atoms with E-state index in [1.54, 1.807) is 27.8 Å². The number of carbonyl (C=O) groups excluding carboxylic acids is 2. The molecule has 0 aliphatic rings. The van der Waals surface area contributed by atoms with Gasteiger partial charge in [-0.2, -0.15) is 0 Å². The lowest BCUT2D eigenvalue weighted by atomic mass is 10.2. The van der Waals surface area contributed by atoms with Gasteiger partial charge in [-0.3, -0.25) is 4.90 Å². The number of aldehydes is 1. The van der Waals surface area contributed by atoms with Gasteiger partial charge in [-0.05, 0) is 20.8 Å². The van der Waals surface area contributed by atoms with Gasteiger partial charge < -0.3 is 9.53 Å². The van der Waals surface area contributed by atoms with Crippen molar-refractivity contribution in [1.82, 2.24) is 19.9 Å². The first-order valence-corrected chi connectivity index (χ1v) is 5.52. The van der Waals surface area contributed by atoms with Crippen molar-refractivity contribution in [3.8, 4) is 0 Å². The van der Waals surface area contributed by atoms with Crippen molar-refractivity contribution in [2.45, 2.75) is 32.4 Å². The summed E-state index contributed by atoms with van der Waals surface area (Å²) in [5.41, 5.74) is -0.0814. The first-order valence-electron chi connectivity index (χ1n) is 5.52. The van der Waals surface area contributed by atoms with Crippen LogP contribution in [0.5, 0.6) is 0 Å². The minimum atomic E-state index is -0.764. The van der Waals surface area contributed by atoms with E-state index in [1.807, 2.05) is 0 Å². The van der Waals surface area contributed by atoms with Gasteiger partial charge in [0, 0.05) is 14.1 Å². The fraction of sp³-hybridized carbons (Fsp3) is 0.636. The summed E-state index contributed by atoms with van der Waals surface area (Å²) < 4.78 is 6.64. The van der Waals surface area contributed by atoms with Gasteiger partial charge in [0.05, 0.1) is 11.9 Å². The molecule has 0 bridgehead atoms. The van der Waals surface area contributed by atoms with Gasteiger partial charge in [-0.1, -0.05) is 5.21 Å². The average Bonchev–Trinajstić information content (AvgIpc) is 2.63. The molecule has 7 heteroatoms. The third kappa shape index (κ3) is 3.28. The van der Waals surface area contributed by atoms with Crippen molar-refractivity contribution in [3.05, 3.63) is 11.9 Å². The van der Waals surface area contributed by atoms with E-state index < -0.39 is 17.7 Å². The van der Waals surface area contributed by atoms with Gasteiger partial charge in [0.1, 0.15) is 17.9 Å². The number of hydrogen-bond acceptors (Lipinski definition) is 5. The van der Waals surface area contributed by atoms with Crippen LogP contribution in [0.15, 0.2) is 6.20 Å². The molecule has 0 saturated carbocycles. The van der Waals surface area contributed by atoms with Gasteiger partial charge in [0.2, 0.25) is 0 Å². The maximum atomic E-state index is 11.9. The second kappa shape index (κ2) is 5.16. The molecule has 0 aliphatic heterocycles. The second-order valence-electron chi connectivity index (χ2n) is 4.95. The fourth-order valence-corrected chi connectivity index (χ4v) is 1.37. The van der Waals surface area contributed by atoms with Crippen molar-refractivity contribution >= 4 is 12.4 Å². The minimum absolute atomic E-state index is 0.526. The third-order valence-electron chi connectivity index (χ3n) is 2.28. The summed E-state index contributed by atoms with van der Waals surface area (Å²) in [5, 5.41) is 7.41. The first kappa shape index (κ1) is 14.1. The van der Waals surface area contributed by atoms with Crippen molar-refractivity contribution < 1.29 is 14.3 Å². The molecule has 18 heavy (non-hydrogen) atoms. The largest absolute Gasteiger partial charge is 0.444 e. The monoisotopic (exact) mass is 254 g/mol. The number of aryl methyl sites for hydroxylation is 1. The Hall–Kier alpha value is -1.92. The van der Waals surface area contributed by atoms with Gasteiger partial charge in [0.25, 0.3) is 0 Å². The molecule has 1 unspecified atom stereocenters. The quantitative estimate of drug-likeness (QED) is 0.750. The topological polar surface area (TPSA) is 77.3 Å². The van der Waals surface area contributed by atoms with E-state index in [0.717, 1.165) is 0 Å². The van der Waals surface area contributed by atoms with E-state index in [0.29, 0.717) is 12.0 Å². The van der Waals surface area contributed by atoms with Crippen LogP contribution < -0.4 is 0 Å². The highest BCUT2D eigenvalue weighted by Crippen LogP contribution is 2.18. The standard InChI is InChI=1S/C11H18N4O3/c1-11(2,3)18-10(17)14(4)9(7-16)8-6-12-13-15(8)5/h6-7,9H,1-5H3. The molecule has 100 valence electrons. The Balaban J connectivity index is 2.87. The number of nitrogens with zero attached hydrogens (tertiary/aromatic N) is 4. The van der Waals surface area contributed by atoms with Crippen LogP contribution in [0.2, 0.25) is 0 Å². The number of likely N-dealkylation sites (N-methyl/N-ethyl adjacent to an activating group) is 1. The maximum absolute atomic E-state index is 11.9. The van der Waals surface area contributed by atoms with Crippen molar-refractivity contribution in [3.63, 3.8) is 0 Å². The number of hydrogen-bond donors (Lipinski definition) is 0. The van der Waals surface area contributed by atoms with Crippen LogP contribution in [0.4, 0.5) is 4.79 Å². The van der Waals surface area contributed by atoms with Gasteiger partial charge in [-0.15, -0.1) is 5.10 Å². The minimum Gasteiger partial charge on any atom is -0.444 e. The number of amides is 1. The Morgan fingerprint density at radius 3 is 2.56 bits per heavy atom. The summed E-state index contributed by atoms with van der Waals surface area (Å²) in [7, 11) is 3.15. The van der Waals surface area contributed by atoms with Gasteiger partial charge in [-0.25, -0.2) is 9.48 Å². The molecule has 0 aromatic carbocycles. The van der Waals surface area contributed by atoms with E-state index in [9.17, 15) is 9.59 Å². The van der Waals surface area contributed by atoms with E-state index in [4.69, 9.17) is 4.74 Å². The number of ether oxygens (including phenoxy) is 1. The van der Waals surface area contributed by atoms with Gasteiger partial charge in [0.15, 0.2) is 0 Å². The SMILES string of the molecule is CN(C(=O)OC(C)(C)C)C(C=O)c1cnnn1C. The summed E-state index contributed by atoms with van der Waals surface area (Å²) in [4.78, 5) is 24.2. The predicted octanol–water partition coefficient (Wildman–Crippen LogP) is 0.922. The zero-order valence-corrected chi connectivity index (χ0v) is 11.2. The summed E-state index contributed by atoms with van der Waals surface area (Å²) in [6, 6.07) is -0.764. The molecule has 0 radical (unpaired) electrons. The second-order valence-corrected chi connectivity index (χ2v) is 4.95. The molecule has 0 N–H and O–H groups in total. The van der Waals surface area contributed by atoms with Crippen molar-refractivity contribution in [1.29, 1.82) is 0 Å². The molecule has 1 atom stereocenters. The Bertz CT molecular complexity index is 436. The Morgan fingerprint density at radius 2 is 2.17 bits per heavy atom. The van der Waals surface area contributed by atoms with E-state index in [1.165, 1.54) is 22.8 Å². The molecule has 1 aromatic heterocycles. The Kier molecular flexibility index (Phi) is 4.05. The average molecular weight is 254 g/mol. The zero-order valence-electron chi connectivity index (χ0n) is 11.2. The highest BCUT2D eigenvalue weighted by Gasteiger charge is 2.28. The van der Waals surface area contributed by atoms with Crippen LogP contribution in [-0.2, 0) is 16.6 Å². The molecule has 0 aliphatic carbocycles. The lowest BCUT2D eigenvalue weighted by molar-refractivity contribution is -0.112. The summed E-state index contributed by atoms with van der Waals surface area (Å²) in [6.45, 7) is 5.29. The van der Waals surface area contributed by atoms with E-state index in [-0.39, 0.29) is 0 Å². The summed E-state index contributed by atoms with van der Waals surface area (Å²) in [6.07, 6.45) is 1.53. The molecular weight excluding hydrogens is 236 g/mol. The van der Waals surface area contributed by atoms with Crippen LogP contribution in [0.25, 0.3) is 0 Å². The lowest BCUT2D eigenvalue weighted by Crippen LogP contribution is -2.37. The smallest absolute Gasteiger partial charge is 0.410 e. The van der Waals surface area contributed by atoms with Crippen LogP contribution in [0, 0.1) is 0 Å². The zero-order chi connectivity index (χ0) is 13.9. The summed E-state index contributed by atoms with van der Waals surface area (Å²) >= 11 is 0. The lowest BCUT2D eigenvalue weighted by Gasteiger charge is -2.27. The molecule has 0 saturated heterocycles. The van der Waals surface area contributed by atoms with Crippen LogP contribution in [0.3, 0.4) is 0 Å². The summed E-state index contributed by atoms with van der Waals surface area (Å²) in [5.74, 6) is 0. The third-order valence-corrected chi connectivity index (χ3v) is 2.28. The van der Waals surface area contributed by atoms with Crippen molar-refractivity contribution in [2.24, 2.45) is 7.05 Å². The highest BCUT2D eigenvalue weighted by molar-refractivity contribution is 5.74. The molecule has 0 spiro atoms. The number of aromatic nitrogens is 3. The highest BCUT2D eigenvalue weighted by atomic mass is 16.6. The Morgan fingerprint density at radius 1 is 1.56 bits per heavy atom. The Labute approximate surface area is 106 Å². The molecule has 1 aromatic rings. The molecule has 1 heterocycles. The van der Waals surface area contributed by atoms with Crippen LogP contribution >= 0.6 is 0 Å². The molecule has 1 amide bonds. The van der Waals surface area contributed by atoms with Crippen LogP contribution in [0.1, 0.15) is 32.5 Å². The molecular formula is C11H18N4O3. The predicted molar refractivity (Wildman–Crippen MR) is 63.8 cm³/mol. The van der Waals surface area contributed by atoms with E-state index in [2.05, 4.69) is 10.3 Å². The first-order chi connectivity index (χ1) is 8.26. The van der Waals surface area contributed by atoms with Crippen LogP contribution in [-0.4, -0.2) is 44.9 Å². The number of carbonyl (C=O) groups is 2. The number of rotatable bonds is 3. The maximum Gasteiger partial charge on any atom is 0.410 e.